The van der Waals surface area contributed by atoms with Gasteiger partial charge in [0.2, 0.25) is 0 Å². The van der Waals surface area contributed by atoms with Gasteiger partial charge in [0, 0.05) is 25.7 Å². The van der Waals surface area contributed by atoms with Crippen molar-refractivity contribution in [1.29, 1.82) is 0 Å². The van der Waals surface area contributed by atoms with E-state index >= 15 is 0 Å². The molecule has 0 aromatic heterocycles. The van der Waals surface area contributed by atoms with Crippen LogP contribution < -0.4 is 0 Å². The summed E-state index contributed by atoms with van der Waals surface area (Å²) in [6.45, 7) is 6.74. The lowest BCUT2D eigenvalue weighted by Crippen LogP contribution is -2.45. The van der Waals surface area contributed by atoms with Crippen LogP contribution in [0.15, 0.2) is 0 Å². The maximum Gasteiger partial charge on any atom is 0.320 e. The largest absolute Gasteiger partial charge is 0.481 e. The molecule has 2 saturated heterocycles. The fourth-order valence-corrected chi connectivity index (χ4v) is 3.19. The molecule has 1 N–H and O–H groups in total. The van der Waals surface area contributed by atoms with Crippen LogP contribution in [0.2, 0.25) is 0 Å². The molecule has 2 atom stereocenters. The standard InChI is InChI=1S/C14H24N2O3/c1-10(2)11-5-7-15(9-11)14(19)16-6-3-4-12(16)8-13(17)18/h10-12H,3-9H2,1-2H3,(H,17,18). The molecule has 108 valence electrons. The second-order valence-electron chi connectivity index (χ2n) is 6.11. The summed E-state index contributed by atoms with van der Waals surface area (Å²) < 4.78 is 0. The number of likely N-dealkylation sites (tertiary alicyclic amines) is 2. The van der Waals surface area contributed by atoms with Crippen molar-refractivity contribution in [1.82, 2.24) is 9.80 Å². The highest BCUT2D eigenvalue weighted by atomic mass is 16.4. The van der Waals surface area contributed by atoms with E-state index in [2.05, 4.69) is 13.8 Å². The van der Waals surface area contributed by atoms with Gasteiger partial charge in [-0.15, -0.1) is 0 Å². The summed E-state index contributed by atoms with van der Waals surface area (Å²) >= 11 is 0. The quantitative estimate of drug-likeness (QED) is 0.852. The van der Waals surface area contributed by atoms with Gasteiger partial charge in [-0.3, -0.25) is 4.79 Å². The molecule has 5 nitrogen and oxygen atoms in total. The Labute approximate surface area is 114 Å². The molecule has 0 spiro atoms. The van der Waals surface area contributed by atoms with Gasteiger partial charge in [0.25, 0.3) is 0 Å². The van der Waals surface area contributed by atoms with Crippen molar-refractivity contribution < 1.29 is 14.7 Å². The van der Waals surface area contributed by atoms with Gasteiger partial charge >= 0.3 is 12.0 Å². The molecule has 5 heteroatoms. The van der Waals surface area contributed by atoms with Crippen LogP contribution in [0.25, 0.3) is 0 Å². The Morgan fingerprint density at radius 1 is 1.26 bits per heavy atom. The number of hydrogen-bond donors (Lipinski definition) is 1. The van der Waals surface area contributed by atoms with E-state index in [4.69, 9.17) is 5.11 Å². The molecular weight excluding hydrogens is 244 g/mol. The molecule has 0 radical (unpaired) electrons. The van der Waals surface area contributed by atoms with Crippen LogP contribution in [-0.4, -0.2) is 52.6 Å². The summed E-state index contributed by atoms with van der Waals surface area (Å²) in [6, 6.07) is -0.0602. The first-order valence-corrected chi connectivity index (χ1v) is 7.26. The van der Waals surface area contributed by atoms with Crippen molar-refractivity contribution in [2.75, 3.05) is 19.6 Å². The first-order valence-electron chi connectivity index (χ1n) is 7.26. The van der Waals surface area contributed by atoms with Crippen LogP contribution >= 0.6 is 0 Å². The van der Waals surface area contributed by atoms with E-state index in [9.17, 15) is 9.59 Å². The van der Waals surface area contributed by atoms with Gasteiger partial charge in [0.05, 0.1) is 6.42 Å². The molecule has 0 aromatic carbocycles. The van der Waals surface area contributed by atoms with E-state index in [-0.39, 0.29) is 18.5 Å². The lowest BCUT2D eigenvalue weighted by atomic mass is 9.95. The predicted molar refractivity (Wildman–Crippen MR) is 71.9 cm³/mol. The summed E-state index contributed by atoms with van der Waals surface area (Å²) in [5, 5.41) is 8.90. The summed E-state index contributed by atoms with van der Waals surface area (Å²) in [7, 11) is 0. The van der Waals surface area contributed by atoms with E-state index < -0.39 is 5.97 Å². The number of carbonyl (C=O) groups excluding carboxylic acids is 1. The predicted octanol–water partition coefficient (Wildman–Crippen LogP) is 2.02. The molecule has 0 bridgehead atoms. The van der Waals surface area contributed by atoms with E-state index in [0.717, 1.165) is 32.4 Å². The van der Waals surface area contributed by atoms with Crippen LogP contribution in [0.5, 0.6) is 0 Å². The number of hydrogen-bond acceptors (Lipinski definition) is 2. The third-order valence-corrected chi connectivity index (χ3v) is 4.47. The molecule has 2 rings (SSSR count). The summed E-state index contributed by atoms with van der Waals surface area (Å²) in [5.41, 5.74) is 0. The third kappa shape index (κ3) is 3.19. The summed E-state index contributed by atoms with van der Waals surface area (Å²) in [4.78, 5) is 27.0. The van der Waals surface area contributed by atoms with Crippen LogP contribution in [0.3, 0.4) is 0 Å². The average molecular weight is 268 g/mol. The molecule has 0 aromatic rings. The minimum Gasteiger partial charge on any atom is -0.481 e. The zero-order valence-corrected chi connectivity index (χ0v) is 11.8. The van der Waals surface area contributed by atoms with Gasteiger partial charge in [-0.05, 0) is 31.1 Å². The molecule has 2 heterocycles. The van der Waals surface area contributed by atoms with Crippen molar-refractivity contribution in [3.63, 3.8) is 0 Å². The van der Waals surface area contributed by atoms with Crippen LogP contribution in [0.1, 0.15) is 39.5 Å². The average Bonchev–Trinajstić information content (AvgIpc) is 2.95. The highest BCUT2D eigenvalue weighted by Crippen LogP contribution is 2.27. The van der Waals surface area contributed by atoms with Crippen molar-refractivity contribution >= 4 is 12.0 Å². The summed E-state index contributed by atoms with van der Waals surface area (Å²) in [6.07, 6.45) is 2.89. The Morgan fingerprint density at radius 3 is 2.58 bits per heavy atom. The van der Waals surface area contributed by atoms with Gasteiger partial charge in [0.15, 0.2) is 0 Å². The lowest BCUT2D eigenvalue weighted by Gasteiger charge is -2.29. The molecule has 2 unspecified atom stereocenters. The highest BCUT2D eigenvalue weighted by Gasteiger charge is 2.36. The topological polar surface area (TPSA) is 60.9 Å². The monoisotopic (exact) mass is 268 g/mol. The fourth-order valence-electron chi connectivity index (χ4n) is 3.19. The number of nitrogens with zero attached hydrogens (tertiary/aromatic N) is 2. The SMILES string of the molecule is CC(C)C1CCN(C(=O)N2CCCC2CC(=O)O)C1. The van der Waals surface area contributed by atoms with Gasteiger partial charge in [-0.2, -0.15) is 0 Å². The number of amides is 2. The van der Waals surface area contributed by atoms with E-state index in [0.29, 0.717) is 18.4 Å². The first-order chi connectivity index (χ1) is 8.99. The van der Waals surface area contributed by atoms with Gasteiger partial charge in [-0.1, -0.05) is 13.8 Å². The molecule has 0 saturated carbocycles. The number of urea groups is 1. The Bertz CT molecular complexity index is 357. The lowest BCUT2D eigenvalue weighted by molar-refractivity contribution is -0.138. The molecular formula is C14H24N2O3. The number of carboxylic acid groups (broad SMARTS) is 1. The Morgan fingerprint density at radius 2 is 2.00 bits per heavy atom. The second kappa shape index (κ2) is 5.80. The van der Waals surface area contributed by atoms with Crippen LogP contribution in [0, 0.1) is 11.8 Å². The van der Waals surface area contributed by atoms with Crippen LogP contribution in [-0.2, 0) is 4.79 Å². The van der Waals surface area contributed by atoms with E-state index in [1.165, 1.54) is 0 Å². The third-order valence-electron chi connectivity index (χ3n) is 4.47. The fraction of sp³-hybridized carbons (Fsp3) is 0.857. The van der Waals surface area contributed by atoms with Crippen molar-refractivity contribution in [2.24, 2.45) is 11.8 Å². The van der Waals surface area contributed by atoms with E-state index in [1.807, 2.05) is 4.90 Å². The van der Waals surface area contributed by atoms with Crippen LogP contribution in [0.4, 0.5) is 4.79 Å². The molecule has 19 heavy (non-hydrogen) atoms. The molecule has 2 fully saturated rings. The zero-order valence-electron chi connectivity index (χ0n) is 11.8. The molecule has 0 aliphatic carbocycles. The molecule has 2 aliphatic heterocycles. The number of aliphatic carboxylic acids is 1. The van der Waals surface area contributed by atoms with Gasteiger partial charge in [-0.25, -0.2) is 4.79 Å². The van der Waals surface area contributed by atoms with Crippen molar-refractivity contribution in [3.8, 4) is 0 Å². The Kier molecular flexibility index (Phi) is 4.32. The Balaban J connectivity index is 1.94. The van der Waals surface area contributed by atoms with Gasteiger partial charge < -0.3 is 14.9 Å². The maximum atomic E-state index is 12.5. The number of carboxylic acids is 1. The first kappa shape index (κ1) is 14.2. The second-order valence-corrected chi connectivity index (χ2v) is 6.11. The molecule has 2 aliphatic rings. The highest BCUT2D eigenvalue weighted by molar-refractivity contribution is 5.76. The maximum absolute atomic E-state index is 12.5. The zero-order chi connectivity index (χ0) is 14.0. The van der Waals surface area contributed by atoms with Gasteiger partial charge in [0.1, 0.15) is 0 Å². The number of rotatable bonds is 3. The number of carbonyl (C=O) groups is 2. The van der Waals surface area contributed by atoms with Crippen molar-refractivity contribution in [3.05, 3.63) is 0 Å². The molecule has 2 amide bonds. The summed E-state index contributed by atoms with van der Waals surface area (Å²) in [5.74, 6) is 0.377. The van der Waals surface area contributed by atoms with Crippen molar-refractivity contribution in [2.45, 2.75) is 45.6 Å². The Hall–Kier alpha value is -1.26. The minimum atomic E-state index is -0.814. The normalized spacial score (nSPS) is 27.3. The minimum absolute atomic E-state index is 0.0481. The smallest absolute Gasteiger partial charge is 0.320 e. The van der Waals surface area contributed by atoms with E-state index in [1.54, 1.807) is 4.90 Å².